The Kier molecular flexibility index (Phi) is 5.97. The number of halogens is 1. The minimum atomic E-state index is 0.475. The van der Waals surface area contributed by atoms with Gasteiger partial charge in [0.2, 0.25) is 0 Å². The van der Waals surface area contributed by atoms with Crippen LogP contribution in [0.4, 0.5) is 0 Å². The highest BCUT2D eigenvalue weighted by Gasteiger charge is 2.19. The largest absolute Gasteiger partial charge is 0.491 e. The molecule has 142 valence electrons. The molecule has 0 N–H and O–H groups in total. The van der Waals surface area contributed by atoms with E-state index in [0.29, 0.717) is 26.4 Å². The van der Waals surface area contributed by atoms with Gasteiger partial charge in [0.15, 0.2) is 0 Å². The third kappa shape index (κ3) is 4.39. The normalized spacial score (nSPS) is 12.6. The third-order valence-corrected chi connectivity index (χ3v) is 5.43. The highest BCUT2D eigenvalue weighted by Crippen LogP contribution is 2.36. The first-order valence-corrected chi connectivity index (χ1v) is 10.2. The number of rotatable bonds is 7. The number of aliphatic imine (C=N–C) groups is 1. The molecule has 0 radical (unpaired) electrons. The smallest absolute Gasteiger partial charge is 0.127 e. The molecule has 1 aliphatic rings. The molecule has 0 spiro atoms. The van der Waals surface area contributed by atoms with Crippen molar-refractivity contribution in [2.45, 2.75) is 20.1 Å². The highest BCUT2D eigenvalue weighted by atomic mass is 127. The molecule has 2 heterocycles. The van der Waals surface area contributed by atoms with Gasteiger partial charge in [-0.3, -0.25) is 4.99 Å². The Balaban J connectivity index is 1.47. The van der Waals surface area contributed by atoms with Gasteiger partial charge in [0.1, 0.15) is 21.9 Å². The molecule has 0 atom stereocenters. The average molecular weight is 485 g/mol. The van der Waals surface area contributed by atoms with Gasteiger partial charge in [-0.15, -0.1) is 0 Å². The summed E-state index contributed by atoms with van der Waals surface area (Å²) in [5.41, 5.74) is 5.41. The van der Waals surface area contributed by atoms with Gasteiger partial charge in [0, 0.05) is 29.1 Å². The minimum Gasteiger partial charge on any atom is -0.491 e. The van der Waals surface area contributed by atoms with Crippen LogP contribution in [0.15, 0.2) is 59.9 Å². The predicted molar refractivity (Wildman–Crippen MR) is 118 cm³/mol. The number of hydrogen-bond acceptors (Lipinski definition) is 5. The lowest BCUT2D eigenvalue weighted by molar-refractivity contribution is 0.0891. The van der Waals surface area contributed by atoms with E-state index in [0.717, 1.165) is 37.5 Å². The Morgan fingerprint density at radius 1 is 1.00 bits per heavy atom. The summed E-state index contributed by atoms with van der Waals surface area (Å²) in [7, 11) is 0. The van der Waals surface area contributed by atoms with Crippen molar-refractivity contribution >= 4 is 26.3 Å². The van der Waals surface area contributed by atoms with Crippen LogP contribution in [0.1, 0.15) is 22.5 Å². The Labute approximate surface area is 178 Å². The lowest BCUT2D eigenvalue weighted by Gasteiger charge is -2.14. The van der Waals surface area contributed by atoms with Gasteiger partial charge >= 0.3 is 0 Å². The zero-order valence-electron chi connectivity index (χ0n) is 15.6. The molecule has 0 saturated heterocycles. The van der Waals surface area contributed by atoms with Gasteiger partial charge in [-0.25, -0.2) is 9.97 Å². The molecule has 0 aliphatic carbocycles. The van der Waals surface area contributed by atoms with E-state index >= 15 is 0 Å². The number of hydrogen-bond donors (Lipinski definition) is 0. The van der Waals surface area contributed by atoms with Crippen LogP contribution in [0.5, 0.6) is 5.75 Å². The van der Waals surface area contributed by atoms with E-state index in [1.54, 1.807) is 0 Å². The van der Waals surface area contributed by atoms with Crippen molar-refractivity contribution in [2.24, 2.45) is 4.99 Å². The molecule has 1 aliphatic heterocycles. The second-order valence-electron chi connectivity index (χ2n) is 6.52. The second kappa shape index (κ2) is 8.79. The van der Waals surface area contributed by atoms with Crippen molar-refractivity contribution in [3.05, 3.63) is 77.4 Å². The zero-order chi connectivity index (χ0) is 19.3. The number of ether oxygens (including phenoxy) is 2. The maximum absolute atomic E-state index is 6.09. The van der Waals surface area contributed by atoms with Crippen LogP contribution in [0.3, 0.4) is 0 Å². The summed E-state index contributed by atoms with van der Waals surface area (Å²) in [5.74, 6) is 1.56. The van der Waals surface area contributed by atoms with Gasteiger partial charge < -0.3 is 9.47 Å². The van der Waals surface area contributed by atoms with E-state index in [4.69, 9.17) is 9.47 Å². The molecular formula is C22H20IN3O2. The Hall–Kier alpha value is -2.32. The van der Waals surface area contributed by atoms with E-state index in [1.807, 2.05) is 37.5 Å². The summed E-state index contributed by atoms with van der Waals surface area (Å²) in [6.45, 7) is 4.15. The van der Waals surface area contributed by atoms with E-state index in [1.165, 1.54) is 5.56 Å². The van der Waals surface area contributed by atoms with Gasteiger partial charge in [-0.2, -0.15) is 0 Å². The van der Waals surface area contributed by atoms with Crippen molar-refractivity contribution in [3.63, 3.8) is 0 Å². The fourth-order valence-electron chi connectivity index (χ4n) is 3.04. The van der Waals surface area contributed by atoms with Gasteiger partial charge in [-0.1, -0.05) is 30.3 Å². The van der Waals surface area contributed by atoms with Gasteiger partial charge in [-0.05, 0) is 52.8 Å². The van der Waals surface area contributed by atoms with Crippen molar-refractivity contribution in [1.82, 2.24) is 9.97 Å². The first-order valence-electron chi connectivity index (χ1n) is 9.11. The summed E-state index contributed by atoms with van der Waals surface area (Å²) in [6.07, 6.45) is 3.67. The zero-order valence-corrected chi connectivity index (χ0v) is 17.7. The predicted octanol–water partition coefficient (Wildman–Crippen LogP) is 4.74. The standard InChI is InChI=1S/C22H20IN3O2/c1-15-24-12-18(13-25-15)19-10-20-17(11-26-22(20)23)9-21(19)28-8-7-27-14-16-5-3-2-4-6-16/h2-6,9-10,12-13H,7-8,11,14H2,1H3. The molecule has 2 aromatic carbocycles. The SMILES string of the molecule is Cc1ncc(-c2cc3c(cc2OCCOCc2ccccc2)CN=C3I)cn1. The molecule has 5 nitrogen and oxygen atoms in total. The number of nitrogens with zero attached hydrogens (tertiary/aromatic N) is 3. The molecule has 0 amide bonds. The van der Waals surface area contributed by atoms with Crippen LogP contribution >= 0.6 is 22.6 Å². The fourth-order valence-corrected chi connectivity index (χ4v) is 3.71. The minimum absolute atomic E-state index is 0.475. The summed E-state index contributed by atoms with van der Waals surface area (Å²) in [6, 6.07) is 14.3. The maximum atomic E-state index is 6.09. The quantitative estimate of drug-likeness (QED) is 0.358. The number of aryl methyl sites for hydroxylation is 1. The summed E-state index contributed by atoms with van der Waals surface area (Å²) < 4.78 is 12.9. The Bertz CT molecular complexity index is 989. The molecule has 3 aromatic rings. The van der Waals surface area contributed by atoms with Crippen LogP contribution < -0.4 is 4.74 Å². The van der Waals surface area contributed by atoms with E-state index in [2.05, 4.69) is 61.8 Å². The Morgan fingerprint density at radius 2 is 1.79 bits per heavy atom. The maximum Gasteiger partial charge on any atom is 0.127 e. The number of aromatic nitrogens is 2. The van der Waals surface area contributed by atoms with Crippen LogP contribution in [0.2, 0.25) is 0 Å². The van der Waals surface area contributed by atoms with E-state index in [9.17, 15) is 0 Å². The lowest BCUT2D eigenvalue weighted by atomic mass is 10.0. The summed E-state index contributed by atoms with van der Waals surface area (Å²) >= 11 is 2.28. The highest BCUT2D eigenvalue weighted by molar-refractivity contribution is 14.1. The first-order chi connectivity index (χ1) is 13.7. The van der Waals surface area contributed by atoms with Crippen LogP contribution in [0.25, 0.3) is 11.1 Å². The van der Waals surface area contributed by atoms with Crippen LogP contribution in [0, 0.1) is 6.92 Å². The summed E-state index contributed by atoms with van der Waals surface area (Å²) in [4.78, 5) is 13.2. The van der Waals surface area contributed by atoms with E-state index in [-0.39, 0.29) is 0 Å². The number of benzene rings is 2. The monoisotopic (exact) mass is 485 g/mol. The van der Waals surface area contributed by atoms with Crippen molar-refractivity contribution < 1.29 is 9.47 Å². The van der Waals surface area contributed by atoms with Gasteiger partial charge in [0.05, 0.1) is 19.8 Å². The molecule has 0 fully saturated rings. The lowest BCUT2D eigenvalue weighted by Crippen LogP contribution is -2.08. The molecule has 1 aromatic heterocycles. The summed E-state index contributed by atoms with van der Waals surface area (Å²) in [5, 5.41) is 0. The third-order valence-electron chi connectivity index (χ3n) is 4.50. The van der Waals surface area contributed by atoms with Gasteiger partial charge in [0.25, 0.3) is 0 Å². The van der Waals surface area contributed by atoms with Crippen molar-refractivity contribution in [2.75, 3.05) is 13.2 Å². The van der Waals surface area contributed by atoms with Crippen LogP contribution in [-0.4, -0.2) is 26.9 Å². The fraction of sp³-hybridized carbons (Fsp3) is 0.227. The van der Waals surface area contributed by atoms with E-state index < -0.39 is 0 Å². The molecule has 0 bridgehead atoms. The first kappa shape index (κ1) is 19.0. The second-order valence-corrected chi connectivity index (χ2v) is 7.54. The Morgan fingerprint density at radius 3 is 2.57 bits per heavy atom. The molecular weight excluding hydrogens is 465 g/mol. The number of fused-ring (bicyclic) bond motifs is 1. The molecule has 4 rings (SSSR count). The topological polar surface area (TPSA) is 56.6 Å². The molecule has 28 heavy (non-hydrogen) atoms. The molecule has 0 saturated carbocycles. The van der Waals surface area contributed by atoms with Crippen LogP contribution in [-0.2, 0) is 17.9 Å². The average Bonchev–Trinajstić information content (AvgIpc) is 3.08. The van der Waals surface area contributed by atoms with Crippen molar-refractivity contribution in [1.29, 1.82) is 0 Å². The molecule has 0 unspecified atom stereocenters. The molecule has 6 heteroatoms. The van der Waals surface area contributed by atoms with Crippen molar-refractivity contribution in [3.8, 4) is 16.9 Å².